The van der Waals surface area contributed by atoms with E-state index in [-0.39, 0.29) is 23.0 Å². The second-order valence-corrected chi connectivity index (χ2v) is 6.72. The number of benzene rings is 2. The average Bonchev–Trinajstić information content (AvgIpc) is 2.51. The highest BCUT2D eigenvalue weighted by atomic mass is 32.2. The summed E-state index contributed by atoms with van der Waals surface area (Å²) in [6.45, 7) is 3.54. The molecule has 2 rings (SSSR count). The van der Waals surface area contributed by atoms with Gasteiger partial charge in [-0.05, 0) is 48.7 Å². The Morgan fingerprint density at radius 3 is 2.30 bits per heavy atom. The molecule has 6 heteroatoms. The molecule has 0 aliphatic rings. The first-order valence-electron chi connectivity index (χ1n) is 6.99. The zero-order valence-corrected chi connectivity index (χ0v) is 14.0. The van der Waals surface area contributed by atoms with Crippen molar-refractivity contribution in [2.24, 2.45) is 0 Å². The number of rotatable bonds is 5. The highest BCUT2D eigenvalue weighted by Crippen LogP contribution is 2.22. The number of hydrogen-bond acceptors (Lipinski definition) is 5. The molecule has 0 fully saturated rings. The van der Waals surface area contributed by atoms with Gasteiger partial charge in [0.1, 0.15) is 10.6 Å². The van der Waals surface area contributed by atoms with Crippen LogP contribution in [0, 0.1) is 13.8 Å². The van der Waals surface area contributed by atoms with Crippen LogP contribution in [0.15, 0.2) is 47.4 Å². The lowest BCUT2D eigenvalue weighted by atomic mass is 10.1. The van der Waals surface area contributed by atoms with Crippen molar-refractivity contribution in [2.75, 3.05) is 7.11 Å². The molecule has 0 N–H and O–H groups in total. The van der Waals surface area contributed by atoms with E-state index in [0.717, 1.165) is 5.56 Å². The molecule has 0 aromatic heterocycles. The van der Waals surface area contributed by atoms with E-state index in [4.69, 9.17) is 4.18 Å². The maximum atomic E-state index is 12.4. The molecule has 0 atom stereocenters. The summed E-state index contributed by atoms with van der Waals surface area (Å²) in [5, 5.41) is 0. The third-order valence-corrected chi connectivity index (χ3v) is 4.71. The molecule has 5 nitrogen and oxygen atoms in total. The molecule has 0 radical (unpaired) electrons. The molecule has 2 aromatic rings. The minimum absolute atomic E-state index is 0.126. The second kappa shape index (κ2) is 6.83. The lowest BCUT2D eigenvalue weighted by molar-refractivity contribution is -0.139. The lowest BCUT2D eigenvalue weighted by Gasteiger charge is -2.10. The van der Waals surface area contributed by atoms with Crippen LogP contribution >= 0.6 is 0 Å². The van der Waals surface area contributed by atoms with Crippen LogP contribution in [-0.2, 0) is 26.1 Å². The topological polar surface area (TPSA) is 69.7 Å². The third kappa shape index (κ3) is 4.32. The van der Waals surface area contributed by atoms with Gasteiger partial charge in [-0.1, -0.05) is 24.3 Å². The minimum atomic E-state index is -3.90. The maximum absolute atomic E-state index is 12.4. The van der Waals surface area contributed by atoms with E-state index in [1.807, 2.05) is 13.0 Å². The number of carbonyl (C=O) groups is 1. The number of carbonyl (C=O) groups excluding carboxylic acids is 1. The van der Waals surface area contributed by atoms with E-state index in [1.165, 1.54) is 19.2 Å². The van der Waals surface area contributed by atoms with Crippen molar-refractivity contribution in [3.05, 3.63) is 59.2 Å². The Labute approximate surface area is 136 Å². The molecule has 0 amide bonds. The van der Waals surface area contributed by atoms with Crippen molar-refractivity contribution in [1.82, 2.24) is 0 Å². The van der Waals surface area contributed by atoms with Gasteiger partial charge in [-0.3, -0.25) is 4.79 Å². The van der Waals surface area contributed by atoms with E-state index in [1.54, 1.807) is 31.2 Å². The Hall–Kier alpha value is -2.34. The molecule has 0 heterocycles. The number of esters is 1. The van der Waals surface area contributed by atoms with Crippen LogP contribution in [0.1, 0.15) is 16.7 Å². The van der Waals surface area contributed by atoms with Gasteiger partial charge in [-0.2, -0.15) is 8.42 Å². The molecule has 0 saturated heterocycles. The van der Waals surface area contributed by atoms with E-state index in [9.17, 15) is 13.2 Å². The molecule has 0 aliphatic carbocycles. The summed E-state index contributed by atoms with van der Waals surface area (Å²) in [7, 11) is -2.58. The smallest absolute Gasteiger partial charge is 0.339 e. The van der Waals surface area contributed by atoms with Crippen LogP contribution in [0.3, 0.4) is 0 Å². The first-order valence-corrected chi connectivity index (χ1v) is 8.40. The van der Waals surface area contributed by atoms with E-state index >= 15 is 0 Å². The highest BCUT2D eigenvalue weighted by Gasteiger charge is 2.19. The predicted octanol–water partition coefficient (Wildman–Crippen LogP) is 2.79. The Balaban J connectivity index is 2.20. The fourth-order valence-corrected chi connectivity index (χ4v) is 3.30. The van der Waals surface area contributed by atoms with E-state index in [0.29, 0.717) is 11.1 Å². The Kier molecular flexibility index (Phi) is 5.05. The van der Waals surface area contributed by atoms with Crippen LogP contribution in [0.4, 0.5) is 0 Å². The Morgan fingerprint density at radius 2 is 1.70 bits per heavy atom. The Morgan fingerprint density at radius 1 is 1.04 bits per heavy atom. The maximum Gasteiger partial charge on any atom is 0.339 e. The SMILES string of the molecule is COC(=O)Cc1ccc(OS(=O)(=O)c2cc(C)ccc2C)cc1. The number of ether oxygens (including phenoxy) is 1. The molecule has 122 valence electrons. The van der Waals surface area contributed by atoms with E-state index in [2.05, 4.69) is 4.74 Å². The first-order chi connectivity index (χ1) is 10.8. The monoisotopic (exact) mass is 334 g/mol. The van der Waals surface area contributed by atoms with Crippen molar-refractivity contribution < 1.29 is 22.1 Å². The summed E-state index contributed by atoms with van der Waals surface area (Å²) < 4.78 is 34.5. The van der Waals surface area contributed by atoms with Gasteiger partial charge in [0, 0.05) is 0 Å². The number of methoxy groups -OCH3 is 1. The normalized spacial score (nSPS) is 11.1. The molecule has 2 aromatic carbocycles. The minimum Gasteiger partial charge on any atom is -0.469 e. The van der Waals surface area contributed by atoms with Crippen molar-refractivity contribution >= 4 is 16.1 Å². The predicted molar refractivity (Wildman–Crippen MR) is 85.9 cm³/mol. The van der Waals surface area contributed by atoms with Crippen LogP contribution in [0.5, 0.6) is 5.75 Å². The van der Waals surface area contributed by atoms with Crippen molar-refractivity contribution in [2.45, 2.75) is 25.2 Å². The standard InChI is InChI=1S/C17H18O5S/c1-12-4-5-13(2)16(10-12)23(19,20)22-15-8-6-14(7-9-15)11-17(18)21-3/h4-10H,11H2,1-3H3. The van der Waals surface area contributed by atoms with Crippen molar-refractivity contribution in [3.63, 3.8) is 0 Å². The third-order valence-electron chi connectivity index (χ3n) is 3.32. The largest absolute Gasteiger partial charge is 0.469 e. The van der Waals surface area contributed by atoms with E-state index < -0.39 is 10.1 Å². The Bertz CT molecular complexity index is 807. The van der Waals surface area contributed by atoms with Crippen molar-refractivity contribution in [3.8, 4) is 5.75 Å². The molecule has 0 saturated carbocycles. The van der Waals surface area contributed by atoms with Gasteiger partial charge >= 0.3 is 16.1 Å². The molecule has 0 unspecified atom stereocenters. The quantitative estimate of drug-likeness (QED) is 0.621. The second-order valence-electron chi connectivity index (χ2n) is 5.20. The van der Waals surface area contributed by atoms with Gasteiger partial charge in [-0.15, -0.1) is 0 Å². The fourth-order valence-electron chi connectivity index (χ4n) is 2.05. The highest BCUT2D eigenvalue weighted by molar-refractivity contribution is 7.87. The molecule has 0 spiro atoms. The summed E-state index contributed by atoms with van der Waals surface area (Å²) >= 11 is 0. The summed E-state index contributed by atoms with van der Waals surface area (Å²) in [5.74, 6) is -0.166. The summed E-state index contributed by atoms with van der Waals surface area (Å²) in [5.41, 5.74) is 2.18. The number of hydrogen-bond donors (Lipinski definition) is 0. The fraction of sp³-hybridized carbons (Fsp3) is 0.235. The van der Waals surface area contributed by atoms with Gasteiger partial charge in [0.2, 0.25) is 0 Å². The van der Waals surface area contributed by atoms with Crippen molar-refractivity contribution in [1.29, 1.82) is 0 Å². The average molecular weight is 334 g/mol. The zero-order chi connectivity index (χ0) is 17.0. The first kappa shape index (κ1) is 17.0. The summed E-state index contributed by atoms with van der Waals surface area (Å²) in [6.07, 6.45) is 0.126. The molecule has 23 heavy (non-hydrogen) atoms. The number of aryl methyl sites for hydroxylation is 2. The lowest BCUT2D eigenvalue weighted by Crippen LogP contribution is -2.11. The summed E-state index contributed by atoms with van der Waals surface area (Å²) in [6, 6.07) is 11.5. The van der Waals surface area contributed by atoms with Gasteiger partial charge in [0.05, 0.1) is 13.5 Å². The molecular formula is C17H18O5S. The zero-order valence-electron chi connectivity index (χ0n) is 13.2. The van der Waals surface area contributed by atoms with Gasteiger partial charge in [0.15, 0.2) is 0 Å². The molecule has 0 bridgehead atoms. The van der Waals surface area contributed by atoms with Gasteiger partial charge < -0.3 is 8.92 Å². The molecule has 0 aliphatic heterocycles. The van der Waals surface area contributed by atoms with Gasteiger partial charge in [-0.25, -0.2) is 0 Å². The molecular weight excluding hydrogens is 316 g/mol. The van der Waals surface area contributed by atoms with Crippen LogP contribution in [0.2, 0.25) is 0 Å². The van der Waals surface area contributed by atoms with Crippen LogP contribution in [-0.4, -0.2) is 21.5 Å². The summed E-state index contributed by atoms with van der Waals surface area (Å²) in [4.78, 5) is 11.3. The van der Waals surface area contributed by atoms with Crippen LogP contribution in [0.25, 0.3) is 0 Å². The van der Waals surface area contributed by atoms with Crippen LogP contribution < -0.4 is 4.18 Å². The van der Waals surface area contributed by atoms with Gasteiger partial charge in [0.25, 0.3) is 0 Å².